The number of carbonyl (C=O) groups is 3. The number of methoxy groups -OCH3 is 2. The lowest BCUT2D eigenvalue weighted by molar-refractivity contribution is -0.386. The molecule has 3 aromatic rings. The number of piperidine rings is 1. The lowest BCUT2D eigenvalue weighted by Gasteiger charge is -2.43. The van der Waals surface area contributed by atoms with E-state index >= 15 is 0 Å². The zero-order chi connectivity index (χ0) is 30.9. The third-order valence-corrected chi connectivity index (χ3v) is 9.18. The van der Waals surface area contributed by atoms with Crippen molar-refractivity contribution in [1.82, 2.24) is 14.4 Å². The fourth-order valence-corrected chi connectivity index (χ4v) is 7.30. The van der Waals surface area contributed by atoms with E-state index in [0.717, 1.165) is 6.42 Å². The second-order valence-corrected chi connectivity index (χ2v) is 11.5. The maximum absolute atomic E-state index is 13.9. The minimum absolute atomic E-state index is 0.0225. The molecule has 0 aliphatic carbocycles. The topological polar surface area (TPSA) is 145 Å². The number of fused-ring (bicyclic) bond motifs is 9. The van der Waals surface area contributed by atoms with E-state index in [4.69, 9.17) is 9.47 Å². The molecule has 3 amide bonds. The van der Waals surface area contributed by atoms with Crippen LogP contribution in [0.25, 0.3) is 0 Å². The van der Waals surface area contributed by atoms with Crippen LogP contribution in [0.5, 0.6) is 11.5 Å². The van der Waals surface area contributed by atoms with Crippen LogP contribution in [0.4, 0.5) is 11.4 Å². The van der Waals surface area contributed by atoms with Crippen molar-refractivity contribution >= 4 is 29.1 Å². The molecule has 13 nitrogen and oxygen atoms in total. The summed E-state index contributed by atoms with van der Waals surface area (Å²) in [6, 6.07) is 13.2. The van der Waals surface area contributed by atoms with Crippen LogP contribution in [0.2, 0.25) is 0 Å². The highest BCUT2D eigenvalue weighted by atomic mass is 16.6. The van der Waals surface area contributed by atoms with Gasteiger partial charge in [-0.25, -0.2) is 0 Å². The van der Waals surface area contributed by atoms with Gasteiger partial charge in [-0.2, -0.15) is 0 Å². The van der Waals surface area contributed by atoms with Crippen molar-refractivity contribution in [3.8, 4) is 11.5 Å². The molecule has 226 valence electrons. The quantitative estimate of drug-likeness (QED) is 0.311. The first-order valence-corrected chi connectivity index (χ1v) is 14.4. The number of aromatic nitrogens is 1. The van der Waals surface area contributed by atoms with E-state index in [1.807, 2.05) is 0 Å². The number of carbonyl (C=O) groups excluding carboxylic acids is 3. The highest BCUT2D eigenvalue weighted by Gasteiger charge is 2.50. The highest BCUT2D eigenvalue weighted by Crippen LogP contribution is 2.49. The standard InChI is InChI=1S/C31H29N5O8/c1-43-24-10-7-20-26(27(24)44-2)31(40)35-22-6-4-3-5-19(22)29(38)33(28(20)35)12-11-25(37)32-14-17-13-18(16-32)21-8-9-23(36(41)42)30(39)34(21)15-17/h3-10,17-18,28H,11-16H2,1-2H3. The first-order valence-electron chi connectivity index (χ1n) is 14.4. The summed E-state index contributed by atoms with van der Waals surface area (Å²) in [5.41, 5.74) is 1.39. The molecule has 0 radical (unpaired) electrons. The number of nitrogens with zero attached hydrogens (tertiary/aromatic N) is 5. The molecule has 4 aliphatic heterocycles. The van der Waals surface area contributed by atoms with Crippen LogP contribution in [-0.4, -0.2) is 70.9 Å². The summed E-state index contributed by atoms with van der Waals surface area (Å²) in [5, 5.41) is 11.3. The molecular weight excluding hydrogens is 570 g/mol. The molecule has 44 heavy (non-hydrogen) atoms. The fraction of sp³-hybridized carbons (Fsp3) is 0.355. The summed E-state index contributed by atoms with van der Waals surface area (Å²) in [7, 11) is 2.95. The smallest absolute Gasteiger partial charge is 0.334 e. The predicted octanol–water partition coefficient (Wildman–Crippen LogP) is 2.92. The minimum Gasteiger partial charge on any atom is -0.493 e. The Morgan fingerprint density at radius 2 is 1.77 bits per heavy atom. The van der Waals surface area contributed by atoms with Gasteiger partial charge < -0.3 is 23.8 Å². The maximum Gasteiger partial charge on any atom is 0.334 e. The van der Waals surface area contributed by atoms with Crippen molar-refractivity contribution in [2.24, 2.45) is 5.92 Å². The van der Waals surface area contributed by atoms with Crippen molar-refractivity contribution in [3.63, 3.8) is 0 Å². The number of rotatable bonds is 6. The molecule has 0 N–H and O–H groups in total. The van der Waals surface area contributed by atoms with Gasteiger partial charge in [-0.15, -0.1) is 0 Å². The molecule has 3 unspecified atom stereocenters. The van der Waals surface area contributed by atoms with E-state index < -0.39 is 22.3 Å². The molecule has 7 rings (SSSR count). The van der Waals surface area contributed by atoms with Crippen molar-refractivity contribution in [3.05, 3.63) is 91.4 Å². The van der Waals surface area contributed by atoms with Gasteiger partial charge in [-0.1, -0.05) is 18.2 Å². The summed E-state index contributed by atoms with van der Waals surface area (Å²) in [6.45, 7) is 1.16. The SMILES string of the molecule is COc1ccc2c(c1OC)C(=O)N1c3ccccc3C(=O)N(CCC(=O)N3CC4CC(C3)c3ccc([N+](=O)[O-])c(=O)n3C4)C21. The van der Waals surface area contributed by atoms with Crippen LogP contribution < -0.4 is 19.9 Å². The van der Waals surface area contributed by atoms with Crippen molar-refractivity contribution in [1.29, 1.82) is 0 Å². The molecule has 1 fully saturated rings. The van der Waals surface area contributed by atoms with Gasteiger partial charge in [0.1, 0.15) is 6.17 Å². The van der Waals surface area contributed by atoms with E-state index in [0.29, 0.717) is 53.5 Å². The first-order chi connectivity index (χ1) is 21.2. The van der Waals surface area contributed by atoms with Gasteiger partial charge >= 0.3 is 11.2 Å². The van der Waals surface area contributed by atoms with E-state index in [2.05, 4.69) is 0 Å². The average molecular weight is 600 g/mol. The van der Waals surface area contributed by atoms with Gasteiger partial charge in [0.15, 0.2) is 11.5 Å². The minimum atomic E-state index is -0.761. The van der Waals surface area contributed by atoms with Gasteiger partial charge in [0.05, 0.1) is 36.0 Å². The molecule has 0 saturated carbocycles. The van der Waals surface area contributed by atoms with Gasteiger partial charge in [0, 0.05) is 55.8 Å². The first kappa shape index (κ1) is 27.6. The summed E-state index contributed by atoms with van der Waals surface area (Å²) in [5.74, 6) is -0.214. The van der Waals surface area contributed by atoms with Crippen LogP contribution in [0.15, 0.2) is 53.3 Å². The van der Waals surface area contributed by atoms with E-state index in [-0.39, 0.29) is 48.3 Å². The number of anilines is 1. The number of nitro groups is 1. The van der Waals surface area contributed by atoms with E-state index in [1.54, 1.807) is 57.2 Å². The molecule has 2 aromatic carbocycles. The summed E-state index contributed by atoms with van der Waals surface area (Å²) >= 11 is 0. The Kier molecular flexibility index (Phi) is 6.41. The molecule has 5 heterocycles. The molecule has 3 atom stereocenters. The fourth-order valence-electron chi connectivity index (χ4n) is 7.30. The van der Waals surface area contributed by atoms with Gasteiger partial charge in [-0.3, -0.25) is 34.2 Å². The summed E-state index contributed by atoms with van der Waals surface area (Å²) in [4.78, 5) is 69.7. The molecule has 0 spiro atoms. The largest absolute Gasteiger partial charge is 0.493 e. The number of hydrogen-bond acceptors (Lipinski definition) is 8. The third-order valence-electron chi connectivity index (χ3n) is 9.18. The Morgan fingerprint density at radius 3 is 2.52 bits per heavy atom. The van der Waals surface area contributed by atoms with Gasteiger partial charge in [0.2, 0.25) is 5.91 Å². The highest BCUT2D eigenvalue weighted by molar-refractivity contribution is 6.18. The van der Waals surface area contributed by atoms with Crippen molar-refractivity contribution in [2.75, 3.05) is 38.8 Å². The molecule has 4 aliphatic rings. The zero-order valence-corrected chi connectivity index (χ0v) is 24.1. The Labute approximate surface area is 251 Å². The van der Waals surface area contributed by atoms with Crippen molar-refractivity contribution < 1.29 is 28.8 Å². The molecule has 1 aromatic heterocycles. The number of likely N-dealkylation sites (tertiary alicyclic amines) is 1. The third kappa shape index (κ3) is 3.98. The van der Waals surface area contributed by atoms with E-state index in [9.17, 15) is 29.3 Å². The Hall–Kier alpha value is -5.20. The lowest BCUT2D eigenvalue weighted by atomic mass is 9.83. The second kappa shape index (κ2) is 10.2. The lowest BCUT2D eigenvalue weighted by Crippen LogP contribution is -2.51. The van der Waals surface area contributed by atoms with E-state index in [1.165, 1.54) is 24.9 Å². The number of benzene rings is 2. The number of hydrogen-bond donors (Lipinski definition) is 0. The number of ether oxygens (including phenoxy) is 2. The molecule has 2 bridgehead atoms. The molecular formula is C31H29N5O8. The number of pyridine rings is 1. The van der Waals surface area contributed by atoms with Crippen LogP contribution in [0.1, 0.15) is 56.9 Å². The Balaban J connectivity index is 1.16. The zero-order valence-electron chi connectivity index (χ0n) is 24.1. The van der Waals surface area contributed by atoms with Crippen LogP contribution in [0.3, 0.4) is 0 Å². The van der Waals surface area contributed by atoms with Gasteiger partial charge in [-0.05, 0) is 36.6 Å². The molecule has 1 saturated heterocycles. The van der Waals surface area contributed by atoms with Crippen LogP contribution in [0, 0.1) is 16.0 Å². The maximum atomic E-state index is 13.9. The van der Waals surface area contributed by atoms with Crippen LogP contribution in [-0.2, 0) is 11.3 Å². The van der Waals surface area contributed by atoms with Crippen molar-refractivity contribution in [2.45, 2.75) is 31.5 Å². The second-order valence-electron chi connectivity index (χ2n) is 11.5. The monoisotopic (exact) mass is 599 g/mol. The molecule has 13 heteroatoms. The Bertz CT molecular complexity index is 1820. The summed E-state index contributed by atoms with van der Waals surface area (Å²) in [6.07, 6.45) is 0.0494. The predicted molar refractivity (Wildman–Crippen MR) is 156 cm³/mol. The average Bonchev–Trinajstić information content (AvgIpc) is 3.32. The normalized spacial score (nSPS) is 21.3. The Morgan fingerprint density at radius 1 is 0.977 bits per heavy atom. The van der Waals surface area contributed by atoms with Crippen LogP contribution >= 0.6 is 0 Å². The number of amides is 3. The summed E-state index contributed by atoms with van der Waals surface area (Å²) < 4.78 is 12.5. The van der Waals surface area contributed by atoms with Gasteiger partial charge in [0.25, 0.3) is 11.8 Å². The number of para-hydroxylation sites is 1.